The van der Waals surface area contributed by atoms with Gasteiger partial charge in [-0.25, -0.2) is 0 Å². The van der Waals surface area contributed by atoms with Gasteiger partial charge in [0.15, 0.2) is 0 Å². The van der Waals surface area contributed by atoms with Crippen molar-refractivity contribution in [3.63, 3.8) is 0 Å². The SMILES string of the molecule is Cc1ccc(C2CCCN2C(=O)[C@H]2CNC[C@@H]2c2cnn(C)c2)cc1C.Cl. The molecule has 27 heavy (non-hydrogen) atoms. The quantitative estimate of drug-likeness (QED) is 0.878. The van der Waals surface area contributed by atoms with Crippen molar-refractivity contribution < 1.29 is 4.79 Å². The molecule has 0 aliphatic carbocycles. The minimum atomic E-state index is 0. The molecule has 2 aliphatic rings. The van der Waals surface area contributed by atoms with Gasteiger partial charge in [-0.1, -0.05) is 18.2 Å². The summed E-state index contributed by atoms with van der Waals surface area (Å²) in [6.45, 7) is 6.77. The van der Waals surface area contributed by atoms with Gasteiger partial charge in [-0.05, 0) is 48.9 Å². The third-order valence-electron chi connectivity index (χ3n) is 6.14. The van der Waals surface area contributed by atoms with Gasteiger partial charge in [0.2, 0.25) is 5.91 Å². The van der Waals surface area contributed by atoms with Crippen LogP contribution in [0.3, 0.4) is 0 Å². The third-order valence-corrected chi connectivity index (χ3v) is 6.14. The van der Waals surface area contributed by atoms with Crippen molar-refractivity contribution in [3.05, 3.63) is 52.8 Å². The number of hydrogen-bond acceptors (Lipinski definition) is 3. The topological polar surface area (TPSA) is 50.2 Å². The van der Waals surface area contributed by atoms with E-state index in [1.807, 2.05) is 24.1 Å². The summed E-state index contributed by atoms with van der Waals surface area (Å²) < 4.78 is 1.82. The lowest BCUT2D eigenvalue weighted by Crippen LogP contribution is -2.38. The van der Waals surface area contributed by atoms with Gasteiger partial charge < -0.3 is 10.2 Å². The van der Waals surface area contributed by atoms with Gasteiger partial charge in [0.25, 0.3) is 0 Å². The van der Waals surface area contributed by atoms with Gasteiger partial charge in [-0.15, -0.1) is 12.4 Å². The fourth-order valence-corrected chi connectivity index (χ4v) is 4.48. The van der Waals surface area contributed by atoms with Gasteiger partial charge in [-0.2, -0.15) is 5.10 Å². The highest BCUT2D eigenvalue weighted by Crippen LogP contribution is 2.37. The fourth-order valence-electron chi connectivity index (χ4n) is 4.48. The molecule has 0 spiro atoms. The molecule has 6 heteroatoms. The summed E-state index contributed by atoms with van der Waals surface area (Å²) in [7, 11) is 1.93. The summed E-state index contributed by atoms with van der Waals surface area (Å²) in [6.07, 6.45) is 6.10. The predicted molar refractivity (Wildman–Crippen MR) is 109 cm³/mol. The molecule has 2 saturated heterocycles. The molecule has 1 aromatic heterocycles. The van der Waals surface area contributed by atoms with Gasteiger partial charge in [-0.3, -0.25) is 9.48 Å². The average molecular weight is 389 g/mol. The molecule has 5 nitrogen and oxygen atoms in total. The zero-order valence-corrected chi connectivity index (χ0v) is 17.1. The second-order valence-corrected chi connectivity index (χ2v) is 7.85. The summed E-state index contributed by atoms with van der Waals surface area (Å²) in [5.74, 6) is 0.521. The standard InChI is InChI=1S/C21H28N4O.ClH/c1-14-6-7-16(9-15(14)2)20-5-4-8-25(20)21(26)19-12-22-11-18(19)17-10-23-24(3)13-17;/h6-7,9-10,13,18-20,22H,4-5,8,11-12H2,1-3H3;1H/t18-,19+,20?;/m1./s1. The second-order valence-electron chi connectivity index (χ2n) is 7.85. The number of nitrogens with one attached hydrogen (secondary N) is 1. The lowest BCUT2D eigenvalue weighted by molar-refractivity contribution is -0.136. The van der Waals surface area contributed by atoms with Crippen molar-refractivity contribution in [2.45, 2.75) is 38.6 Å². The Morgan fingerprint density at radius 3 is 2.70 bits per heavy atom. The van der Waals surface area contributed by atoms with Crippen LogP contribution in [0.5, 0.6) is 0 Å². The van der Waals surface area contributed by atoms with Crippen LogP contribution < -0.4 is 5.32 Å². The Kier molecular flexibility index (Phi) is 5.92. The van der Waals surface area contributed by atoms with E-state index in [9.17, 15) is 4.79 Å². The van der Waals surface area contributed by atoms with E-state index in [4.69, 9.17) is 0 Å². The number of carbonyl (C=O) groups is 1. The number of amides is 1. The average Bonchev–Trinajstić information content (AvgIpc) is 3.35. The number of aryl methyl sites for hydroxylation is 3. The third kappa shape index (κ3) is 3.76. The van der Waals surface area contributed by atoms with E-state index < -0.39 is 0 Å². The van der Waals surface area contributed by atoms with Crippen LogP contribution in [0.4, 0.5) is 0 Å². The van der Waals surface area contributed by atoms with Gasteiger partial charge in [0, 0.05) is 38.8 Å². The van der Waals surface area contributed by atoms with E-state index in [1.165, 1.54) is 16.7 Å². The van der Waals surface area contributed by atoms with Gasteiger partial charge >= 0.3 is 0 Å². The molecule has 0 saturated carbocycles. The monoisotopic (exact) mass is 388 g/mol. The zero-order valence-electron chi connectivity index (χ0n) is 16.3. The van der Waals surface area contributed by atoms with Crippen molar-refractivity contribution >= 4 is 18.3 Å². The molecule has 146 valence electrons. The molecule has 4 rings (SSSR count). The van der Waals surface area contributed by atoms with Crippen LogP contribution in [0, 0.1) is 19.8 Å². The van der Waals surface area contributed by atoms with Crippen LogP contribution in [0.2, 0.25) is 0 Å². The van der Waals surface area contributed by atoms with E-state index in [1.54, 1.807) is 0 Å². The number of benzene rings is 1. The molecule has 1 amide bonds. The lowest BCUT2D eigenvalue weighted by Gasteiger charge is -2.30. The number of aromatic nitrogens is 2. The number of halogens is 1. The number of likely N-dealkylation sites (tertiary alicyclic amines) is 1. The molecule has 3 atom stereocenters. The molecule has 1 aromatic carbocycles. The summed E-state index contributed by atoms with van der Waals surface area (Å²) >= 11 is 0. The van der Waals surface area contributed by atoms with Crippen LogP contribution in [-0.4, -0.2) is 40.2 Å². The summed E-state index contributed by atoms with van der Waals surface area (Å²) in [6, 6.07) is 6.86. The smallest absolute Gasteiger partial charge is 0.228 e. The van der Waals surface area contributed by atoms with Crippen LogP contribution in [0.1, 0.15) is 47.1 Å². The molecule has 1 unspecified atom stereocenters. The highest BCUT2D eigenvalue weighted by Gasteiger charge is 2.40. The van der Waals surface area contributed by atoms with E-state index >= 15 is 0 Å². The van der Waals surface area contributed by atoms with E-state index in [0.29, 0.717) is 5.91 Å². The molecular formula is C21H29ClN4O. The predicted octanol–water partition coefficient (Wildman–Crippen LogP) is 3.13. The molecule has 2 aromatic rings. The van der Waals surface area contributed by atoms with Crippen molar-refractivity contribution in [1.82, 2.24) is 20.0 Å². The zero-order chi connectivity index (χ0) is 18.3. The van der Waals surface area contributed by atoms with E-state index in [0.717, 1.165) is 38.0 Å². The molecule has 0 bridgehead atoms. The Morgan fingerprint density at radius 2 is 2.00 bits per heavy atom. The first-order chi connectivity index (χ1) is 12.5. The maximum Gasteiger partial charge on any atom is 0.228 e. The van der Waals surface area contributed by atoms with Crippen molar-refractivity contribution in [3.8, 4) is 0 Å². The Balaban J connectivity index is 0.00000210. The Morgan fingerprint density at radius 1 is 1.19 bits per heavy atom. The number of hydrogen-bond donors (Lipinski definition) is 1. The van der Waals surface area contributed by atoms with E-state index in [2.05, 4.69) is 47.4 Å². The maximum atomic E-state index is 13.4. The number of nitrogens with zero attached hydrogens (tertiary/aromatic N) is 3. The second kappa shape index (κ2) is 8.03. The summed E-state index contributed by atoms with van der Waals surface area (Å²) in [5, 5.41) is 7.72. The minimum Gasteiger partial charge on any atom is -0.335 e. The van der Waals surface area contributed by atoms with Crippen LogP contribution in [0.25, 0.3) is 0 Å². The van der Waals surface area contributed by atoms with Crippen LogP contribution in [-0.2, 0) is 11.8 Å². The Labute approximate surface area is 167 Å². The normalized spacial score (nSPS) is 24.9. The van der Waals surface area contributed by atoms with Crippen molar-refractivity contribution in [2.24, 2.45) is 13.0 Å². The molecule has 2 fully saturated rings. The molecule has 1 N–H and O–H groups in total. The fraction of sp³-hybridized carbons (Fsp3) is 0.524. The van der Waals surface area contributed by atoms with Crippen molar-refractivity contribution in [2.75, 3.05) is 19.6 Å². The molecular weight excluding hydrogens is 360 g/mol. The number of rotatable bonds is 3. The van der Waals surface area contributed by atoms with Crippen LogP contribution in [0.15, 0.2) is 30.6 Å². The highest BCUT2D eigenvalue weighted by molar-refractivity contribution is 5.85. The first-order valence-electron chi connectivity index (χ1n) is 9.61. The Hall–Kier alpha value is -1.85. The first kappa shape index (κ1) is 19.9. The minimum absolute atomic E-state index is 0. The molecule has 0 radical (unpaired) electrons. The first-order valence-corrected chi connectivity index (χ1v) is 9.61. The van der Waals surface area contributed by atoms with Gasteiger partial charge in [0.1, 0.15) is 0 Å². The number of carbonyl (C=O) groups excluding carboxylic acids is 1. The largest absolute Gasteiger partial charge is 0.335 e. The summed E-state index contributed by atoms with van der Waals surface area (Å²) in [4.78, 5) is 15.6. The summed E-state index contributed by atoms with van der Waals surface area (Å²) in [5.41, 5.74) is 5.06. The van der Waals surface area contributed by atoms with Crippen LogP contribution >= 0.6 is 12.4 Å². The highest BCUT2D eigenvalue weighted by atomic mass is 35.5. The maximum absolute atomic E-state index is 13.4. The molecule has 2 aliphatic heterocycles. The van der Waals surface area contributed by atoms with Gasteiger partial charge in [0.05, 0.1) is 18.2 Å². The Bertz CT molecular complexity index is 818. The molecule has 3 heterocycles. The lowest BCUT2D eigenvalue weighted by atomic mass is 9.89. The van der Waals surface area contributed by atoms with Crippen molar-refractivity contribution in [1.29, 1.82) is 0 Å². The van der Waals surface area contributed by atoms with E-state index in [-0.39, 0.29) is 30.3 Å².